The molecule has 2 rings (SSSR count). The largest absolute Gasteiger partial charge is 0.383 e. The second-order valence-electron chi connectivity index (χ2n) is 5.51. The molecule has 0 aromatic heterocycles. The number of amides is 1. The van der Waals surface area contributed by atoms with Crippen LogP contribution in [-0.4, -0.2) is 68.7 Å². The lowest BCUT2D eigenvalue weighted by molar-refractivity contribution is -0.122. The molecule has 122 valence electrons. The highest BCUT2D eigenvalue weighted by Gasteiger charge is 2.18. The third kappa shape index (κ3) is 5.93. The predicted octanol–water partition coefficient (Wildman–Crippen LogP) is 1.22. The van der Waals surface area contributed by atoms with E-state index in [0.29, 0.717) is 18.1 Å². The highest BCUT2D eigenvalue weighted by atomic mass is 35.5. The van der Waals surface area contributed by atoms with Crippen molar-refractivity contribution in [1.82, 2.24) is 15.1 Å². The molecule has 1 N–H and O–H groups in total. The smallest absolute Gasteiger partial charge is 0.234 e. The summed E-state index contributed by atoms with van der Waals surface area (Å²) in [5.41, 5.74) is 1.06. The minimum absolute atomic E-state index is 0.0697. The van der Waals surface area contributed by atoms with Gasteiger partial charge in [0.25, 0.3) is 0 Å². The summed E-state index contributed by atoms with van der Waals surface area (Å²) in [6.45, 7) is 6.59. The maximum Gasteiger partial charge on any atom is 0.234 e. The molecular weight excluding hydrogens is 302 g/mol. The van der Waals surface area contributed by atoms with Crippen LogP contribution >= 0.6 is 11.6 Å². The number of carbonyl (C=O) groups excluding carboxylic acids is 1. The zero-order chi connectivity index (χ0) is 15.8. The first-order valence-corrected chi connectivity index (χ1v) is 8.00. The normalized spacial score (nSPS) is 16.6. The van der Waals surface area contributed by atoms with Crippen LogP contribution in [0.4, 0.5) is 0 Å². The van der Waals surface area contributed by atoms with Gasteiger partial charge in [-0.05, 0) is 17.7 Å². The van der Waals surface area contributed by atoms with Crippen LogP contribution in [-0.2, 0) is 16.1 Å². The summed E-state index contributed by atoms with van der Waals surface area (Å²) in [5, 5.41) is 3.66. The average Bonchev–Trinajstić information content (AvgIpc) is 2.54. The SMILES string of the molecule is COCCN1CCN(CC(=O)NCc2ccc(Cl)cc2)CC1. The fourth-order valence-electron chi connectivity index (χ4n) is 2.45. The van der Waals surface area contributed by atoms with Crippen molar-refractivity contribution in [3.8, 4) is 0 Å². The summed E-state index contributed by atoms with van der Waals surface area (Å²) in [5.74, 6) is 0.0697. The highest BCUT2D eigenvalue weighted by Crippen LogP contribution is 2.09. The molecule has 6 heteroatoms. The first-order valence-electron chi connectivity index (χ1n) is 7.62. The predicted molar refractivity (Wildman–Crippen MR) is 88.1 cm³/mol. The minimum Gasteiger partial charge on any atom is -0.383 e. The van der Waals surface area contributed by atoms with E-state index in [9.17, 15) is 4.79 Å². The molecular formula is C16H24ClN3O2. The number of methoxy groups -OCH3 is 1. The Balaban J connectivity index is 1.64. The molecule has 1 fully saturated rings. The third-order valence-electron chi connectivity index (χ3n) is 3.85. The average molecular weight is 326 g/mol. The molecule has 0 radical (unpaired) electrons. The molecule has 1 aliphatic rings. The maximum atomic E-state index is 12.0. The Morgan fingerprint density at radius 1 is 1.18 bits per heavy atom. The van der Waals surface area contributed by atoms with Gasteiger partial charge >= 0.3 is 0 Å². The zero-order valence-corrected chi connectivity index (χ0v) is 13.8. The van der Waals surface area contributed by atoms with Gasteiger partial charge < -0.3 is 10.1 Å². The van der Waals surface area contributed by atoms with E-state index in [2.05, 4.69) is 15.1 Å². The van der Waals surface area contributed by atoms with E-state index >= 15 is 0 Å². The Bertz CT molecular complexity index is 459. The lowest BCUT2D eigenvalue weighted by Crippen LogP contribution is -2.49. The fourth-order valence-corrected chi connectivity index (χ4v) is 2.58. The van der Waals surface area contributed by atoms with Gasteiger partial charge in [-0.15, -0.1) is 0 Å². The van der Waals surface area contributed by atoms with Crippen molar-refractivity contribution in [1.29, 1.82) is 0 Å². The standard InChI is InChI=1S/C16H24ClN3O2/c1-22-11-10-19-6-8-20(9-7-19)13-16(21)18-12-14-2-4-15(17)5-3-14/h2-5H,6-13H2,1H3,(H,18,21). The van der Waals surface area contributed by atoms with Gasteiger partial charge in [-0.25, -0.2) is 0 Å². The summed E-state index contributed by atoms with van der Waals surface area (Å²) in [6, 6.07) is 7.53. The summed E-state index contributed by atoms with van der Waals surface area (Å²) in [4.78, 5) is 16.6. The Hall–Kier alpha value is -1.14. The Kier molecular flexibility index (Phi) is 7.12. The van der Waals surface area contributed by atoms with Crippen LogP contribution in [0.25, 0.3) is 0 Å². The number of hydrogen-bond donors (Lipinski definition) is 1. The zero-order valence-electron chi connectivity index (χ0n) is 13.1. The number of rotatable bonds is 7. The molecule has 1 aromatic carbocycles. The van der Waals surface area contributed by atoms with E-state index < -0.39 is 0 Å². The van der Waals surface area contributed by atoms with Gasteiger partial charge in [0, 0.05) is 51.4 Å². The number of hydrogen-bond acceptors (Lipinski definition) is 4. The Morgan fingerprint density at radius 2 is 1.82 bits per heavy atom. The van der Waals surface area contributed by atoms with E-state index in [1.165, 1.54) is 0 Å². The van der Waals surface area contributed by atoms with Crippen LogP contribution in [0.5, 0.6) is 0 Å². The molecule has 0 aliphatic carbocycles. The quantitative estimate of drug-likeness (QED) is 0.819. The molecule has 0 saturated carbocycles. The fraction of sp³-hybridized carbons (Fsp3) is 0.562. The van der Waals surface area contributed by atoms with Crippen molar-refractivity contribution in [2.75, 3.05) is 53.0 Å². The highest BCUT2D eigenvalue weighted by molar-refractivity contribution is 6.30. The van der Waals surface area contributed by atoms with E-state index in [4.69, 9.17) is 16.3 Å². The summed E-state index contributed by atoms with van der Waals surface area (Å²) < 4.78 is 5.09. The Morgan fingerprint density at radius 3 is 2.45 bits per heavy atom. The van der Waals surface area contributed by atoms with Crippen molar-refractivity contribution >= 4 is 17.5 Å². The van der Waals surface area contributed by atoms with E-state index in [1.807, 2.05) is 24.3 Å². The van der Waals surface area contributed by atoms with Crippen LogP contribution in [0.1, 0.15) is 5.56 Å². The van der Waals surface area contributed by atoms with E-state index in [1.54, 1.807) is 7.11 Å². The van der Waals surface area contributed by atoms with Crippen molar-refractivity contribution in [3.63, 3.8) is 0 Å². The summed E-state index contributed by atoms with van der Waals surface area (Å²) in [6.07, 6.45) is 0. The topological polar surface area (TPSA) is 44.8 Å². The van der Waals surface area contributed by atoms with Gasteiger partial charge in [-0.3, -0.25) is 14.6 Å². The second kappa shape index (κ2) is 9.10. The van der Waals surface area contributed by atoms with Gasteiger partial charge in [0.15, 0.2) is 0 Å². The van der Waals surface area contributed by atoms with Gasteiger partial charge in [-0.2, -0.15) is 0 Å². The van der Waals surface area contributed by atoms with Crippen molar-refractivity contribution in [2.45, 2.75) is 6.54 Å². The van der Waals surface area contributed by atoms with Crippen LogP contribution in [0, 0.1) is 0 Å². The van der Waals surface area contributed by atoms with Gasteiger partial charge in [0.05, 0.1) is 13.2 Å². The van der Waals surface area contributed by atoms with E-state index in [0.717, 1.165) is 44.9 Å². The second-order valence-corrected chi connectivity index (χ2v) is 5.95. The molecule has 1 amide bonds. The molecule has 22 heavy (non-hydrogen) atoms. The molecule has 0 bridgehead atoms. The molecule has 0 spiro atoms. The lowest BCUT2D eigenvalue weighted by atomic mass is 10.2. The number of nitrogens with zero attached hydrogens (tertiary/aromatic N) is 2. The molecule has 1 heterocycles. The van der Waals surface area contributed by atoms with Gasteiger partial charge in [0.1, 0.15) is 0 Å². The third-order valence-corrected chi connectivity index (χ3v) is 4.10. The molecule has 1 saturated heterocycles. The number of carbonyl (C=O) groups is 1. The number of benzene rings is 1. The van der Waals surface area contributed by atoms with Gasteiger partial charge in [-0.1, -0.05) is 23.7 Å². The van der Waals surface area contributed by atoms with Crippen LogP contribution in [0.2, 0.25) is 5.02 Å². The van der Waals surface area contributed by atoms with Crippen molar-refractivity contribution in [2.24, 2.45) is 0 Å². The monoisotopic (exact) mass is 325 g/mol. The number of ether oxygens (including phenoxy) is 1. The van der Waals surface area contributed by atoms with E-state index in [-0.39, 0.29) is 5.91 Å². The first kappa shape index (κ1) is 17.2. The maximum absolute atomic E-state index is 12.0. The van der Waals surface area contributed by atoms with Crippen LogP contribution in [0.3, 0.4) is 0 Å². The number of halogens is 1. The van der Waals surface area contributed by atoms with Crippen molar-refractivity contribution in [3.05, 3.63) is 34.9 Å². The summed E-state index contributed by atoms with van der Waals surface area (Å²) >= 11 is 5.84. The summed E-state index contributed by atoms with van der Waals surface area (Å²) in [7, 11) is 1.72. The van der Waals surface area contributed by atoms with Crippen LogP contribution in [0.15, 0.2) is 24.3 Å². The molecule has 0 unspecified atom stereocenters. The van der Waals surface area contributed by atoms with Gasteiger partial charge in [0.2, 0.25) is 5.91 Å². The number of piperazine rings is 1. The molecule has 1 aliphatic heterocycles. The molecule has 5 nitrogen and oxygen atoms in total. The molecule has 0 atom stereocenters. The lowest BCUT2D eigenvalue weighted by Gasteiger charge is -2.34. The van der Waals surface area contributed by atoms with Crippen molar-refractivity contribution < 1.29 is 9.53 Å². The number of nitrogens with one attached hydrogen (secondary N) is 1. The van der Waals surface area contributed by atoms with Crippen LogP contribution < -0.4 is 5.32 Å². The first-order chi connectivity index (χ1) is 10.7. The Labute approximate surface area is 137 Å². The molecule has 1 aromatic rings. The minimum atomic E-state index is 0.0697.